The number of nitrogens with two attached hydrogens (primary N) is 1. The van der Waals surface area contributed by atoms with E-state index in [0.29, 0.717) is 28.3 Å². The van der Waals surface area contributed by atoms with Crippen molar-refractivity contribution in [3.8, 4) is 11.5 Å². The van der Waals surface area contributed by atoms with Crippen LogP contribution < -0.4 is 20.5 Å². The molecule has 0 unspecified atom stereocenters. The summed E-state index contributed by atoms with van der Waals surface area (Å²) in [4.78, 5) is 36.3. The van der Waals surface area contributed by atoms with Gasteiger partial charge in [0.25, 0.3) is 11.8 Å². The Bertz CT molecular complexity index is 920. The van der Waals surface area contributed by atoms with E-state index in [2.05, 4.69) is 5.32 Å². The smallest absolute Gasteiger partial charge is 0.255 e. The van der Waals surface area contributed by atoms with Crippen molar-refractivity contribution in [2.75, 3.05) is 33.1 Å². The van der Waals surface area contributed by atoms with E-state index in [0.717, 1.165) is 0 Å². The molecule has 2 aromatic rings. The van der Waals surface area contributed by atoms with Gasteiger partial charge in [-0.2, -0.15) is 0 Å². The number of carbonyl (C=O) groups is 3. The van der Waals surface area contributed by atoms with Gasteiger partial charge in [0.2, 0.25) is 5.91 Å². The number of ether oxygens (including phenoxy) is 2. The Morgan fingerprint density at radius 3 is 2.34 bits per heavy atom. The number of amides is 3. The second kappa shape index (κ2) is 9.93. The van der Waals surface area contributed by atoms with Crippen LogP contribution in [0.25, 0.3) is 6.08 Å². The van der Waals surface area contributed by atoms with Crippen molar-refractivity contribution in [2.45, 2.75) is 0 Å². The number of nitrogens with zero attached hydrogens (tertiary/aromatic N) is 1. The maximum absolute atomic E-state index is 12.1. The zero-order valence-electron chi connectivity index (χ0n) is 16.5. The first kappa shape index (κ1) is 21.5. The molecule has 3 amide bonds. The summed E-state index contributed by atoms with van der Waals surface area (Å²) < 4.78 is 10.5. The third-order valence-corrected chi connectivity index (χ3v) is 3.79. The molecule has 29 heavy (non-hydrogen) atoms. The van der Waals surface area contributed by atoms with Gasteiger partial charge in [0.15, 0.2) is 18.1 Å². The minimum absolute atomic E-state index is 0.111. The summed E-state index contributed by atoms with van der Waals surface area (Å²) >= 11 is 0. The fourth-order valence-electron chi connectivity index (χ4n) is 2.37. The van der Waals surface area contributed by atoms with Crippen molar-refractivity contribution in [2.24, 2.45) is 5.73 Å². The summed E-state index contributed by atoms with van der Waals surface area (Å²) in [6.07, 6.45) is 2.98. The standard InChI is InChI=1S/C21H23N3O5/c1-24(2)21(27)15-6-8-16(9-7-15)23-20(26)11-5-14-4-10-17(18(12-14)28-3)29-13-19(22)25/h4-12H,13H2,1-3H3,(H2,22,25)(H,23,26)/b11-5+. The van der Waals surface area contributed by atoms with Crippen molar-refractivity contribution < 1.29 is 23.9 Å². The monoisotopic (exact) mass is 397 g/mol. The number of nitrogens with one attached hydrogen (secondary N) is 1. The third-order valence-electron chi connectivity index (χ3n) is 3.79. The lowest BCUT2D eigenvalue weighted by molar-refractivity contribution is -0.120. The van der Waals surface area contributed by atoms with Gasteiger partial charge < -0.3 is 25.4 Å². The van der Waals surface area contributed by atoms with E-state index in [-0.39, 0.29) is 18.4 Å². The van der Waals surface area contributed by atoms with E-state index < -0.39 is 5.91 Å². The highest BCUT2D eigenvalue weighted by Gasteiger charge is 2.08. The molecule has 0 spiro atoms. The SMILES string of the molecule is COc1cc(/C=C/C(=O)Nc2ccc(C(=O)N(C)C)cc2)ccc1OCC(N)=O. The van der Waals surface area contributed by atoms with Gasteiger partial charge in [-0.3, -0.25) is 14.4 Å². The van der Waals surface area contributed by atoms with Gasteiger partial charge in [0.1, 0.15) is 0 Å². The minimum atomic E-state index is -0.591. The predicted octanol–water partition coefficient (Wildman–Crippen LogP) is 1.91. The topological polar surface area (TPSA) is 111 Å². The lowest BCUT2D eigenvalue weighted by Gasteiger charge is -2.10. The quantitative estimate of drug-likeness (QED) is 0.661. The number of primary amides is 1. The molecular formula is C21H23N3O5. The zero-order valence-corrected chi connectivity index (χ0v) is 16.5. The van der Waals surface area contributed by atoms with Crippen LogP contribution in [0.3, 0.4) is 0 Å². The van der Waals surface area contributed by atoms with Gasteiger partial charge in [-0.05, 0) is 48.0 Å². The highest BCUT2D eigenvalue weighted by Crippen LogP contribution is 2.28. The van der Waals surface area contributed by atoms with Crippen molar-refractivity contribution in [3.05, 3.63) is 59.7 Å². The molecule has 0 heterocycles. The molecule has 0 fully saturated rings. The van der Waals surface area contributed by atoms with E-state index in [1.807, 2.05) is 0 Å². The summed E-state index contributed by atoms with van der Waals surface area (Å²) in [5.74, 6) is -0.244. The Kier molecular flexibility index (Phi) is 7.36. The molecule has 0 aliphatic carbocycles. The molecule has 0 saturated heterocycles. The molecule has 152 valence electrons. The number of methoxy groups -OCH3 is 1. The Balaban J connectivity index is 2.01. The Morgan fingerprint density at radius 1 is 1.07 bits per heavy atom. The van der Waals surface area contributed by atoms with Crippen molar-refractivity contribution in [1.82, 2.24) is 4.90 Å². The lowest BCUT2D eigenvalue weighted by Crippen LogP contribution is -2.21. The summed E-state index contributed by atoms with van der Waals surface area (Å²) in [6, 6.07) is 11.6. The number of hydrogen-bond acceptors (Lipinski definition) is 5. The van der Waals surface area contributed by atoms with Crippen LogP contribution in [-0.2, 0) is 9.59 Å². The van der Waals surface area contributed by atoms with Crippen molar-refractivity contribution >= 4 is 29.5 Å². The van der Waals surface area contributed by atoms with E-state index >= 15 is 0 Å². The Morgan fingerprint density at radius 2 is 1.76 bits per heavy atom. The summed E-state index contributed by atoms with van der Waals surface area (Å²) in [6.45, 7) is -0.257. The molecule has 0 atom stereocenters. The molecular weight excluding hydrogens is 374 g/mol. The number of hydrogen-bond donors (Lipinski definition) is 2. The van der Waals surface area contributed by atoms with Crippen LogP contribution in [0.5, 0.6) is 11.5 Å². The van der Waals surface area contributed by atoms with Gasteiger partial charge in [-0.25, -0.2) is 0 Å². The van der Waals surface area contributed by atoms with E-state index in [9.17, 15) is 14.4 Å². The number of carbonyl (C=O) groups excluding carboxylic acids is 3. The molecule has 2 rings (SSSR count). The molecule has 3 N–H and O–H groups in total. The average Bonchev–Trinajstić information content (AvgIpc) is 2.70. The molecule has 0 aromatic heterocycles. The normalized spacial score (nSPS) is 10.4. The van der Waals surface area contributed by atoms with Gasteiger partial charge in [-0.15, -0.1) is 0 Å². The molecule has 8 nitrogen and oxygen atoms in total. The van der Waals surface area contributed by atoms with Crippen LogP contribution in [0, 0.1) is 0 Å². The van der Waals surface area contributed by atoms with Crippen LogP contribution in [0.4, 0.5) is 5.69 Å². The highest BCUT2D eigenvalue weighted by atomic mass is 16.5. The molecule has 0 aliphatic rings. The molecule has 2 aromatic carbocycles. The third kappa shape index (κ3) is 6.39. The predicted molar refractivity (Wildman–Crippen MR) is 110 cm³/mol. The van der Waals surface area contributed by atoms with Crippen LogP contribution >= 0.6 is 0 Å². The second-order valence-corrected chi connectivity index (χ2v) is 6.26. The minimum Gasteiger partial charge on any atom is -0.493 e. The molecule has 0 radical (unpaired) electrons. The maximum Gasteiger partial charge on any atom is 0.255 e. The fourth-order valence-corrected chi connectivity index (χ4v) is 2.37. The Hall–Kier alpha value is -3.81. The largest absolute Gasteiger partial charge is 0.493 e. The fraction of sp³-hybridized carbons (Fsp3) is 0.190. The number of anilines is 1. The molecule has 0 aliphatic heterocycles. The van der Waals surface area contributed by atoms with Crippen LogP contribution in [0.1, 0.15) is 15.9 Å². The summed E-state index contributed by atoms with van der Waals surface area (Å²) in [5, 5.41) is 2.72. The van der Waals surface area contributed by atoms with Gasteiger partial charge in [-0.1, -0.05) is 6.07 Å². The summed E-state index contributed by atoms with van der Waals surface area (Å²) in [5.41, 5.74) is 6.88. The summed E-state index contributed by atoms with van der Waals surface area (Å²) in [7, 11) is 4.82. The van der Waals surface area contributed by atoms with Crippen molar-refractivity contribution in [1.29, 1.82) is 0 Å². The van der Waals surface area contributed by atoms with E-state index in [4.69, 9.17) is 15.2 Å². The molecule has 0 bridgehead atoms. The second-order valence-electron chi connectivity index (χ2n) is 6.26. The van der Waals surface area contributed by atoms with Crippen LogP contribution in [0.15, 0.2) is 48.5 Å². The van der Waals surface area contributed by atoms with Gasteiger partial charge in [0.05, 0.1) is 7.11 Å². The lowest BCUT2D eigenvalue weighted by atomic mass is 10.1. The first-order valence-electron chi connectivity index (χ1n) is 8.70. The van der Waals surface area contributed by atoms with Gasteiger partial charge >= 0.3 is 0 Å². The van der Waals surface area contributed by atoms with Crippen LogP contribution in [0.2, 0.25) is 0 Å². The maximum atomic E-state index is 12.1. The van der Waals surface area contributed by atoms with Crippen molar-refractivity contribution in [3.63, 3.8) is 0 Å². The highest BCUT2D eigenvalue weighted by molar-refractivity contribution is 6.02. The van der Waals surface area contributed by atoms with Gasteiger partial charge in [0, 0.05) is 31.4 Å². The zero-order chi connectivity index (χ0) is 21.4. The average molecular weight is 397 g/mol. The van der Waals surface area contributed by atoms with E-state index in [1.165, 1.54) is 18.1 Å². The number of rotatable bonds is 8. The first-order chi connectivity index (χ1) is 13.8. The number of benzene rings is 2. The first-order valence-corrected chi connectivity index (χ1v) is 8.70. The van der Waals surface area contributed by atoms with E-state index in [1.54, 1.807) is 62.6 Å². The molecule has 0 saturated carbocycles. The Labute approximate surface area is 168 Å². The van der Waals surface area contributed by atoms with Crippen LogP contribution in [-0.4, -0.2) is 50.4 Å². The molecule has 8 heteroatoms.